The molecule has 0 radical (unpaired) electrons. The van der Waals surface area contributed by atoms with E-state index in [9.17, 15) is 19.5 Å². The Morgan fingerprint density at radius 1 is 1.06 bits per heavy atom. The van der Waals surface area contributed by atoms with E-state index < -0.39 is 35.7 Å². The van der Waals surface area contributed by atoms with Gasteiger partial charge < -0.3 is 25.2 Å². The maximum Gasteiger partial charge on any atom is 0.408 e. The molecule has 4 rings (SSSR count). The summed E-state index contributed by atoms with van der Waals surface area (Å²) >= 11 is 0. The monoisotopic (exact) mass is 452 g/mol. The first kappa shape index (κ1) is 22.8. The Balaban J connectivity index is 1.42. The highest BCUT2D eigenvalue weighted by atomic mass is 16.5. The summed E-state index contributed by atoms with van der Waals surface area (Å²) in [5, 5.41) is 14.6. The molecule has 3 N–H and O–H groups in total. The number of carboxylic acid groups (broad SMARTS) is 1. The maximum absolute atomic E-state index is 12.9. The van der Waals surface area contributed by atoms with Crippen LogP contribution in [0.3, 0.4) is 0 Å². The quantitative estimate of drug-likeness (QED) is 0.567. The van der Waals surface area contributed by atoms with Crippen molar-refractivity contribution >= 4 is 18.0 Å². The number of nitrogens with one attached hydrogen (secondary N) is 2. The van der Waals surface area contributed by atoms with Crippen LogP contribution >= 0.6 is 0 Å². The second kappa shape index (κ2) is 9.23. The minimum atomic E-state index is -1.22. The van der Waals surface area contributed by atoms with E-state index in [0.29, 0.717) is 12.8 Å². The third kappa shape index (κ3) is 4.30. The number of carbonyl (C=O) groups excluding carboxylic acids is 2. The van der Waals surface area contributed by atoms with Crippen LogP contribution in [-0.4, -0.2) is 54.5 Å². The first-order chi connectivity index (χ1) is 15.9. The Kier molecular flexibility index (Phi) is 6.37. The number of rotatable bonds is 8. The smallest absolute Gasteiger partial charge is 0.408 e. The van der Waals surface area contributed by atoms with Crippen molar-refractivity contribution in [1.29, 1.82) is 0 Å². The number of alkyl carbamates (subject to hydrolysis) is 1. The molecule has 0 heterocycles. The van der Waals surface area contributed by atoms with Gasteiger partial charge in [0.1, 0.15) is 12.1 Å². The van der Waals surface area contributed by atoms with Crippen molar-refractivity contribution < 1.29 is 29.0 Å². The van der Waals surface area contributed by atoms with Crippen LogP contribution in [0, 0.1) is 0 Å². The lowest BCUT2D eigenvalue weighted by atomic mass is 9.76. The Morgan fingerprint density at radius 2 is 1.64 bits per heavy atom. The summed E-state index contributed by atoms with van der Waals surface area (Å²) in [5.74, 6) is -1.83. The van der Waals surface area contributed by atoms with Gasteiger partial charge in [-0.2, -0.15) is 0 Å². The number of amides is 2. The van der Waals surface area contributed by atoms with Crippen molar-refractivity contribution in [2.45, 2.75) is 49.8 Å². The van der Waals surface area contributed by atoms with Gasteiger partial charge in [-0.05, 0) is 48.4 Å². The van der Waals surface area contributed by atoms with Gasteiger partial charge in [0.2, 0.25) is 5.91 Å². The molecule has 0 bridgehead atoms. The summed E-state index contributed by atoms with van der Waals surface area (Å²) < 4.78 is 10.6. The summed E-state index contributed by atoms with van der Waals surface area (Å²) in [4.78, 5) is 37.1. The first-order valence-corrected chi connectivity index (χ1v) is 11.1. The fraction of sp³-hybridized carbons (Fsp3) is 0.400. The molecule has 2 aromatic rings. The summed E-state index contributed by atoms with van der Waals surface area (Å²) in [6, 6.07) is 14.9. The highest BCUT2D eigenvalue weighted by Crippen LogP contribution is 2.44. The van der Waals surface area contributed by atoms with Crippen molar-refractivity contribution in [3.8, 4) is 11.1 Å². The topological polar surface area (TPSA) is 114 Å². The highest BCUT2D eigenvalue weighted by Gasteiger charge is 2.47. The number of aliphatic carboxylic acids is 1. The van der Waals surface area contributed by atoms with Crippen molar-refractivity contribution in [3.05, 3.63) is 59.7 Å². The molecule has 1 saturated carbocycles. The summed E-state index contributed by atoms with van der Waals surface area (Å²) in [7, 11) is 1.38. The zero-order chi connectivity index (χ0) is 23.6. The first-order valence-electron chi connectivity index (χ1n) is 11.1. The van der Waals surface area contributed by atoms with Gasteiger partial charge in [-0.1, -0.05) is 48.5 Å². The van der Waals surface area contributed by atoms with Crippen molar-refractivity contribution in [2.24, 2.45) is 0 Å². The molecule has 2 aliphatic carbocycles. The molecule has 0 spiro atoms. The van der Waals surface area contributed by atoms with Gasteiger partial charge in [-0.15, -0.1) is 0 Å². The van der Waals surface area contributed by atoms with Gasteiger partial charge in [-0.3, -0.25) is 4.79 Å². The summed E-state index contributed by atoms with van der Waals surface area (Å²) in [6.07, 6.45) is 0.152. The standard InChI is InChI=1S/C25H28N2O6/c1-15(32-2)21(22(28)29)26-23(30)25(12-7-13-25)27-24(31)33-14-20-18-10-5-3-8-16(18)17-9-4-6-11-19(17)20/h3-6,8-11,15,20-21H,7,12-14H2,1-2H3,(H,26,30)(H,27,31)(H,28,29)/t15-,21+/m1/s1. The van der Waals surface area contributed by atoms with Crippen molar-refractivity contribution in [3.63, 3.8) is 0 Å². The van der Waals surface area contributed by atoms with Crippen LogP contribution in [0.1, 0.15) is 43.2 Å². The van der Waals surface area contributed by atoms with E-state index in [1.807, 2.05) is 36.4 Å². The molecule has 0 aromatic heterocycles. The number of hydrogen-bond donors (Lipinski definition) is 3. The molecule has 2 aromatic carbocycles. The van der Waals surface area contributed by atoms with E-state index in [-0.39, 0.29) is 12.5 Å². The van der Waals surface area contributed by atoms with E-state index in [2.05, 4.69) is 22.8 Å². The number of ether oxygens (including phenoxy) is 2. The van der Waals surface area contributed by atoms with E-state index in [1.54, 1.807) is 6.92 Å². The fourth-order valence-corrected chi connectivity index (χ4v) is 4.56. The van der Waals surface area contributed by atoms with E-state index >= 15 is 0 Å². The zero-order valence-corrected chi connectivity index (χ0v) is 18.7. The molecule has 33 heavy (non-hydrogen) atoms. The molecule has 2 atom stereocenters. The van der Waals surface area contributed by atoms with E-state index in [0.717, 1.165) is 28.7 Å². The van der Waals surface area contributed by atoms with Gasteiger partial charge in [0, 0.05) is 13.0 Å². The van der Waals surface area contributed by atoms with Gasteiger partial charge >= 0.3 is 12.1 Å². The van der Waals surface area contributed by atoms with Crippen LogP contribution in [-0.2, 0) is 19.1 Å². The average Bonchev–Trinajstić information content (AvgIpc) is 3.11. The second-order valence-corrected chi connectivity index (χ2v) is 8.62. The molecule has 2 amide bonds. The zero-order valence-electron chi connectivity index (χ0n) is 18.7. The lowest BCUT2D eigenvalue weighted by Crippen LogP contribution is -2.65. The van der Waals surface area contributed by atoms with Crippen LogP contribution in [0.25, 0.3) is 11.1 Å². The third-order valence-electron chi connectivity index (χ3n) is 6.72. The molecule has 1 fully saturated rings. The van der Waals surface area contributed by atoms with Crippen LogP contribution < -0.4 is 10.6 Å². The van der Waals surface area contributed by atoms with Crippen LogP contribution in [0.5, 0.6) is 0 Å². The highest BCUT2D eigenvalue weighted by molar-refractivity contribution is 5.93. The maximum atomic E-state index is 12.9. The van der Waals surface area contributed by atoms with Crippen LogP contribution in [0.15, 0.2) is 48.5 Å². The van der Waals surface area contributed by atoms with Crippen molar-refractivity contribution in [1.82, 2.24) is 10.6 Å². The van der Waals surface area contributed by atoms with Crippen LogP contribution in [0.4, 0.5) is 4.79 Å². The molecule has 8 nitrogen and oxygen atoms in total. The average molecular weight is 453 g/mol. The Bertz CT molecular complexity index is 1020. The molecule has 0 aliphatic heterocycles. The normalized spacial score (nSPS) is 17.6. The largest absolute Gasteiger partial charge is 0.480 e. The lowest BCUT2D eigenvalue weighted by molar-refractivity contribution is -0.147. The molecule has 174 valence electrons. The van der Waals surface area contributed by atoms with Crippen molar-refractivity contribution in [2.75, 3.05) is 13.7 Å². The molecule has 2 aliphatic rings. The number of methoxy groups -OCH3 is 1. The number of carboxylic acids is 1. The Labute approximate surface area is 192 Å². The lowest BCUT2D eigenvalue weighted by Gasteiger charge is -2.41. The second-order valence-electron chi connectivity index (χ2n) is 8.62. The fourth-order valence-electron chi connectivity index (χ4n) is 4.56. The van der Waals surface area contributed by atoms with Gasteiger partial charge in [0.15, 0.2) is 6.04 Å². The van der Waals surface area contributed by atoms with Gasteiger partial charge in [-0.25, -0.2) is 9.59 Å². The minimum absolute atomic E-state index is 0.0896. The minimum Gasteiger partial charge on any atom is -0.480 e. The van der Waals surface area contributed by atoms with Gasteiger partial charge in [0.25, 0.3) is 0 Å². The van der Waals surface area contributed by atoms with Gasteiger partial charge in [0.05, 0.1) is 6.10 Å². The molecular formula is C25H28N2O6. The Hall–Kier alpha value is -3.39. The van der Waals surface area contributed by atoms with E-state index in [1.165, 1.54) is 7.11 Å². The number of benzene rings is 2. The number of hydrogen-bond acceptors (Lipinski definition) is 5. The predicted octanol–water partition coefficient (Wildman–Crippen LogP) is 3.05. The SMILES string of the molecule is CO[C@H](C)[C@H](NC(=O)C1(NC(=O)OCC2c3ccccc3-c3ccccc32)CCC1)C(=O)O. The summed E-state index contributed by atoms with van der Waals surface area (Å²) in [6.45, 7) is 1.70. The molecule has 0 saturated heterocycles. The number of carbonyl (C=O) groups is 3. The predicted molar refractivity (Wildman–Crippen MR) is 121 cm³/mol. The molecule has 0 unspecified atom stereocenters. The molecule has 8 heteroatoms. The number of fused-ring (bicyclic) bond motifs is 3. The van der Waals surface area contributed by atoms with E-state index in [4.69, 9.17) is 9.47 Å². The third-order valence-corrected chi connectivity index (χ3v) is 6.72. The van der Waals surface area contributed by atoms with Crippen LogP contribution in [0.2, 0.25) is 0 Å². The Morgan fingerprint density at radius 3 is 2.12 bits per heavy atom. The summed E-state index contributed by atoms with van der Waals surface area (Å²) in [5.41, 5.74) is 3.28. The molecular weight excluding hydrogens is 424 g/mol.